The highest BCUT2D eigenvalue weighted by molar-refractivity contribution is 7.10. The van der Waals surface area contributed by atoms with Gasteiger partial charge in [-0.2, -0.15) is 0 Å². The van der Waals surface area contributed by atoms with E-state index in [1.54, 1.807) is 11.3 Å². The Morgan fingerprint density at radius 3 is 2.47 bits per heavy atom. The van der Waals surface area contributed by atoms with Crippen LogP contribution < -0.4 is 10.2 Å². The van der Waals surface area contributed by atoms with Gasteiger partial charge in [-0.3, -0.25) is 0 Å². The van der Waals surface area contributed by atoms with E-state index in [1.165, 1.54) is 10.6 Å². The second-order valence-electron chi connectivity index (χ2n) is 4.03. The quantitative estimate of drug-likeness (QED) is 0.897. The summed E-state index contributed by atoms with van der Waals surface area (Å²) in [4.78, 5) is 3.33. The van der Waals surface area contributed by atoms with Gasteiger partial charge in [0.1, 0.15) is 0 Å². The van der Waals surface area contributed by atoms with E-state index in [9.17, 15) is 0 Å². The number of rotatable bonds is 4. The van der Waals surface area contributed by atoms with E-state index in [1.807, 2.05) is 25.5 Å². The van der Waals surface area contributed by atoms with Crippen LogP contribution in [0.2, 0.25) is 5.02 Å². The number of thiophene rings is 1. The Morgan fingerprint density at radius 2 is 1.94 bits per heavy atom. The van der Waals surface area contributed by atoms with Gasteiger partial charge in [0.25, 0.3) is 0 Å². The van der Waals surface area contributed by atoms with Crippen LogP contribution in [0.1, 0.15) is 4.88 Å². The first kappa shape index (κ1) is 12.3. The Balaban J connectivity index is 1.95. The number of nitrogens with one attached hydrogen (secondary N) is 1. The summed E-state index contributed by atoms with van der Waals surface area (Å²) in [5.41, 5.74) is 2.33. The Hall–Kier alpha value is -1.19. The fraction of sp³-hybridized carbons (Fsp3) is 0.231. The van der Waals surface area contributed by atoms with Gasteiger partial charge in [-0.25, -0.2) is 0 Å². The summed E-state index contributed by atoms with van der Waals surface area (Å²) in [5.74, 6) is 0. The van der Waals surface area contributed by atoms with Crippen molar-refractivity contribution in [1.29, 1.82) is 0 Å². The molecular weight excluding hydrogens is 252 g/mol. The van der Waals surface area contributed by atoms with Gasteiger partial charge in [0.05, 0.1) is 5.02 Å². The largest absolute Gasteiger partial charge is 0.380 e. The number of anilines is 2. The zero-order chi connectivity index (χ0) is 12.3. The molecule has 1 aromatic heterocycles. The molecule has 0 unspecified atom stereocenters. The van der Waals surface area contributed by atoms with Crippen LogP contribution >= 0.6 is 22.9 Å². The van der Waals surface area contributed by atoms with Gasteiger partial charge >= 0.3 is 0 Å². The predicted molar refractivity (Wildman–Crippen MR) is 77.4 cm³/mol. The second-order valence-corrected chi connectivity index (χ2v) is 5.46. The van der Waals surface area contributed by atoms with Gasteiger partial charge in [0.2, 0.25) is 0 Å². The first-order valence-corrected chi connectivity index (χ1v) is 6.65. The summed E-state index contributed by atoms with van der Waals surface area (Å²) in [6, 6.07) is 10.4. The molecule has 0 fully saturated rings. The Labute approximate surface area is 111 Å². The summed E-state index contributed by atoms with van der Waals surface area (Å²) in [6.45, 7) is 0.818. The van der Waals surface area contributed by atoms with Gasteiger partial charge < -0.3 is 10.2 Å². The van der Waals surface area contributed by atoms with Crippen molar-refractivity contribution >= 4 is 34.3 Å². The molecule has 90 valence electrons. The van der Waals surface area contributed by atoms with Crippen molar-refractivity contribution in [3.8, 4) is 0 Å². The summed E-state index contributed by atoms with van der Waals surface area (Å²) in [7, 11) is 4.08. The van der Waals surface area contributed by atoms with Crippen LogP contribution in [0.3, 0.4) is 0 Å². The van der Waals surface area contributed by atoms with E-state index in [4.69, 9.17) is 11.6 Å². The molecule has 2 rings (SSSR count). The number of halogens is 1. The molecule has 1 aromatic carbocycles. The van der Waals surface area contributed by atoms with E-state index in [0.717, 1.165) is 17.3 Å². The zero-order valence-electron chi connectivity index (χ0n) is 9.90. The molecule has 0 spiro atoms. The summed E-state index contributed by atoms with van der Waals surface area (Å²) in [5, 5.41) is 6.14. The molecule has 2 nitrogen and oxygen atoms in total. The van der Waals surface area contributed by atoms with Crippen molar-refractivity contribution < 1.29 is 0 Å². The first-order chi connectivity index (χ1) is 8.15. The van der Waals surface area contributed by atoms with Crippen LogP contribution in [0, 0.1) is 0 Å². The van der Waals surface area contributed by atoms with Crippen LogP contribution in [0.15, 0.2) is 35.7 Å². The monoisotopic (exact) mass is 266 g/mol. The molecule has 1 heterocycles. The molecule has 0 aliphatic rings. The summed E-state index contributed by atoms with van der Waals surface area (Å²) >= 11 is 7.55. The minimum Gasteiger partial charge on any atom is -0.380 e. The highest BCUT2D eigenvalue weighted by atomic mass is 35.5. The number of nitrogens with zero attached hydrogens (tertiary/aromatic N) is 1. The third-order valence-corrected chi connectivity index (χ3v) is 3.76. The van der Waals surface area contributed by atoms with E-state index in [0.29, 0.717) is 0 Å². The van der Waals surface area contributed by atoms with Gasteiger partial charge in [-0.05, 0) is 30.3 Å². The molecule has 17 heavy (non-hydrogen) atoms. The molecule has 0 bridgehead atoms. The minimum absolute atomic E-state index is 0.815. The standard InChI is InChI=1S/C13H15ClN2S/c1-16(2)12-5-3-11(4-6-12)15-8-13-7-10(14)9-17-13/h3-7,9,15H,8H2,1-2H3. The molecule has 0 saturated heterocycles. The van der Waals surface area contributed by atoms with E-state index in [2.05, 4.69) is 34.5 Å². The number of benzene rings is 1. The Morgan fingerprint density at radius 1 is 1.24 bits per heavy atom. The topological polar surface area (TPSA) is 15.3 Å². The fourth-order valence-electron chi connectivity index (χ4n) is 1.51. The van der Waals surface area contributed by atoms with Crippen molar-refractivity contribution in [2.45, 2.75) is 6.54 Å². The predicted octanol–water partition coefficient (Wildman–Crippen LogP) is 4.08. The molecule has 0 atom stereocenters. The molecule has 0 saturated carbocycles. The van der Waals surface area contributed by atoms with E-state index < -0.39 is 0 Å². The third-order valence-electron chi connectivity index (χ3n) is 2.47. The minimum atomic E-state index is 0.815. The fourth-order valence-corrected chi connectivity index (χ4v) is 2.53. The van der Waals surface area contributed by atoms with Crippen LogP contribution in [0.4, 0.5) is 11.4 Å². The molecule has 0 amide bonds. The maximum atomic E-state index is 5.87. The lowest BCUT2D eigenvalue weighted by atomic mass is 10.2. The molecule has 4 heteroatoms. The Bertz CT molecular complexity index is 476. The van der Waals surface area contributed by atoms with Crippen molar-refractivity contribution in [2.24, 2.45) is 0 Å². The lowest BCUT2D eigenvalue weighted by Crippen LogP contribution is -2.08. The molecule has 2 aromatic rings. The molecule has 0 aliphatic heterocycles. The van der Waals surface area contributed by atoms with Crippen LogP contribution in [-0.4, -0.2) is 14.1 Å². The first-order valence-electron chi connectivity index (χ1n) is 5.39. The molecule has 1 N–H and O–H groups in total. The lowest BCUT2D eigenvalue weighted by Gasteiger charge is -2.13. The van der Waals surface area contributed by atoms with Gasteiger partial charge in [-0.15, -0.1) is 11.3 Å². The molecule has 0 radical (unpaired) electrons. The van der Waals surface area contributed by atoms with Crippen LogP contribution in [0.25, 0.3) is 0 Å². The van der Waals surface area contributed by atoms with Crippen molar-refractivity contribution in [2.75, 3.05) is 24.3 Å². The normalized spacial score (nSPS) is 10.3. The summed E-state index contributed by atoms with van der Waals surface area (Å²) in [6.07, 6.45) is 0. The number of hydrogen-bond acceptors (Lipinski definition) is 3. The molecular formula is C13H15ClN2S. The van der Waals surface area contributed by atoms with E-state index in [-0.39, 0.29) is 0 Å². The van der Waals surface area contributed by atoms with Crippen molar-refractivity contribution in [3.05, 3.63) is 45.6 Å². The maximum absolute atomic E-state index is 5.87. The zero-order valence-corrected chi connectivity index (χ0v) is 11.5. The van der Waals surface area contributed by atoms with Gasteiger partial charge in [0, 0.05) is 42.3 Å². The lowest BCUT2D eigenvalue weighted by molar-refractivity contribution is 1.13. The average Bonchev–Trinajstić information content (AvgIpc) is 2.73. The van der Waals surface area contributed by atoms with Crippen molar-refractivity contribution in [3.63, 3.8) is 0 Å². The smallest absolute Gasteiger partial charge is 0.0516 e. The van der Waals surface area contributed by atoms with E-state index >= 15 is 0 Å². The number of hydrogen-bond donors (Lipinski definition) is 1. The van der Waals surface area contributed by atoms with Gasteiger partial charge in [0.15, 0.2) is 0 Å². The SMILES string of the molecule is CN(C)c1ccc(NCc2cc(Cl)cs2)cc1. The summed E-state index contributed by atoms with van der Waals surface area (Å²) < 4.78 is 0. The maximum Gasteiger partial charge on any atom is 0.0516 e. The second kappa shape index (κ2) is 5.43. The van der Waals surface area contributed by atoms with Gasteiger partial charge in [-0.1, -0.05) is 11.6 Å². The van der Waals surface area contributed by atoms with Crippen LogP contribution in [0.5, 0.6) is 0 Å². The molecule has 0 aliphatic carbocycles. The Kier molecular flexibility index (Phi) is 3.92. The highest BCUT2D eigenvalue weighted by Crippen LogP contribution is 2.21. The van der Waals surface area contributed by atoms with Crippen LogP contribution in [-0.2, 0) is 6.54 Å². The highest BCUT2D eigenvalue weighted by Gasteiger charge is 1.99. The average molecular weight is 267 g/mol. The van der Waals surface area contributed by atoms with Crippen molar-refractivity contribution in [1.82, 2.24) is 0 Å². The third kappa shape index (κ3) is 3.38.